The van der Waals surface area contributed by atoms with Gasteiger partial charge >= 0.3 is 5.97 Å². The molecule has 27 heavy (non-hydrogen) atoms. The van der Waals surface area contributed by atoms with Gasteiger partial charge in [0.15, 0.2) is 6.61 Å². The lowest BCUT2D eigenvalue weighted by Gasteiger charge is -2.16. The number of carbonyl (C=O) groups is 2. The molecule has 0 bridgehead atoms. The lowest BCUT2D eigenvalue weighted by atomic mass is 10.1. The normalized spacial score (nSPS) is 11.7. The van der Waals surface area contributed by atoms with Crippen LogP contribution in [-0.4, -0.2) is 18.5 Å². The van der Waals surface area contributed by atoms with Crippen LogP contribution in [0.2, 0.25) is 0 Å². The number of hydrogen-bond donors (Lipinski definition) is 1. The van der Waals surface area contributed by atoms with E-state index in [9.17, 15) is 14.0 Å². The molecule has 4 rings (SSSR count). The number of rotatable bonds is 4. The number of halogens is 1. The van der Waals surface area contributed by atoms with Crippen LogP contribution in [0, 0.1) is 5.82 Å². The number of benzene rings is 2. The minimum absolute atomic E-state index is 0.390. The Morgan fingerprint density at radius 1 is 1.15 bits per heavy atom. The van der Waals surface area contributed by atoms with Gasteiger partial charge in [0, 0.05) is 21.7 Å². The SMILES string of the molecule is O=C(COC(=O)c1cc2c(s1)-c1ccccc1OC2)Nc1ccc(F)cc1. The Labute approximate surface area is 158 Å². The zero-order valence-corrected chi connectivity index (χ0v) is 14.8. The van der Waals surface area contributed by atoms with E-state index >= 15 is 0 Å². The molecule has 0 unspecified atom stereocenters. The van der Waals surface area contributed by atoms with Crippen LogP contribution in [-0.2, 0) is 16.1 Å². The van der Waals surface area contributed by atoms with E-state index in [4.69, 9.17) is 9.47 Å². The van der Waals surface area contributed by atoms with Crippen LogP contribution in [0.25, 0.3) is 10.4 Å². The average molecular weight is 383 g/mol. The van der Waals surface area contributed by atoms with Crippen LogP contribution in [0.4, 0.5) is 10.1 Å². The number of fused-ring (bicyclic) bond motifs is 3. The predicted molar refractivity (Wildman–Crippen MR) is 99.4 cm³/mol. The van der Waals surface area contributed by atoms with Crippen molar-refractivity contribution in [3.63, 3.8) is 0 Å². The highest BCUT2D eigenvalue weighted by atomic mass is 32.1. The molecule has 0 saturated carbocycles. The van der Waals surface area contributed by atoms with Gasteiger partial charge in [-0.2, -0.15) is 0 Å². The molecule has 1 aliphatic heterocycles. The Kier molecular flexibility index (Phi) is 4.60. The molecule has 0 saturated heterocycles. The Bertz CT molecular complexity index is 1010. The number of esters is 1. The largest absolute Gasteiger partial charge is 0.488 e. The molecule has 1 amide bonds. The summed E-state index contributed by atoms with van der Waals surface area (Å²) in [6, 6.07) is 14.7. The predicted octanol–water partition coefficient (Wildman–Crippen LogP) is 4.24. The molecule has 0 aliphatic carbocycles. The number of anilines is 1. The first-order valence-electron chi connectivity index (χ1n) is 8.17. The van der Waals surface area contributed by atoms with E-state index in [1.165, 1.54) is 35.6 Å². The summed E-state index contributed by atoms with van der Waals surface area (Å²) in [5.74, 6) is -0.678. The van der Waals surface area contributed by atoms with Gasteiger partial charge in [0.25, 0.3) is 5.91 Å². The van der Waals surface area contributed by atoms with Crippen LogP contribution >= 0.6 is 11.3 Å². The molecule has 136 valence electrons. The molecule has 0 fully saturated rings. The fraction of sp³-hybridized carbons (Fsp3) is 0.100. The summed E-state index contributed by atoms with van der Waals surface area (Å²) in [6.07, 6.45) is 0. The van der Waals surface area contributed by atoms with E-state index < -0.39 is 24.3 Å². The van der Waals surface area contributed by atoms with Crippen molar-refractivity contribution in [1.82, 2.24) is 0 Å². The van der Waals surface area contributed by atoms with Gasteiger partial charge in [-0.15, -0.1) is 11.3 Å². The van der Waals surface area contributed by atoms with Gasteiger partial charge in [0.1, 0.15) is 23.1 Å². The molecule has 5 nitrogen and oxygen atoms in total. The van der Waals surface area contributed by atoms with Gasteiger partial charge in [0.2, 0.25) is 0 Å². The molecular formula is C20H14FNO4S. The Balaban J connectivity index is 1.40. The van der Waals surface area contributed by atoms with Crippen molar-refractivity contribution in [3.8, 4) is 16.2 Å². The van der Waals surface area contributed by atoms with E-state index in [1.54, 1.807) is 6.07 Å². The van der Waals surface area contributed by atoms with Gasteiger partial charge in [-0.25, -0.2) is 9.18 Å². The van der Waals surface area contributed by atoms with Gasteiger partial charge in [-0.05, 0) is 42.5 Å². The highest BCUT2D eigenvalue weighted by Crippen LogP contribution is 2.42. The molecule has 1 aromatic heterocycles. The van der Waals surface area contributed by atoms with Crippen molar-refractivity contribution in [2.24, 2.45) is 0 Å². The summed E-state index contributed by atoms with van der Waals surface area (Å²) in [5.41, 5.74) is 2.29. The molecule has 2 heterocycles. The number of ether oxygens (including phenoxy) is 2. The van der Waals surface area contributed by atoms with Gasteiger partial charge in [-0.3, -0.25) is 4.79 Å². The van der Waals surface area contributed by atoms with Crippen molar-refractivity contribution in [2.75, 3.05) is 11.9 Å². The minimum Gasteiger partial charge on any atom is -0.488 e. The number of carbonyl (C=O) groups excluding carboxylic acids is 2. The zero-order chi connectivity index (χ0) is 18.8. The van der Waals surface area contributed by atoms with Gasteiger partial charge < -0.3 is 14.8 Å². The first kappa shape index (κ1) is 17.2. The van der Waals surface area contributed by atoms with E-state index in [2.05, 4.69) is 5.32 Å². The summed E-state index contributed by atoms with van der Waals surface area (Å²) in [5, 5.41) is 2.54. The van der Waals surface area contributed by atoms with Gasteiger partial charge in [0.05, 0.1) is 0 Å². The smallest absolute Gasteiger partial charge is 0.348 e. The highest BCUT2D eigenvalue weighted by molar-refractivity contribution is 7.17. The summed E-state index contributed by atoms with van der Waals surface area (Å²) in [4.78, 5) is 25.6. The third-order valence-electron chi connectivity index (χ3n) is 3.99. The maximum absolute atomic E-state index is 12.9. The summed E-state index contributed by atoms with van der Waals surface area (Å²) >= 11 is 1.32. The maximum atomic E-state index is 12.9. The van der Waals surface area contributed by atoms with Crippen LogP contribution < -0.4 is 10.1 Å². The second kappa shape index (κ2) is 7.20. The van der Waals surface area contributed by atoms with E-state index in [-0.39, 0.29) is 0 Å². The minimum atomic E-state index is -0.568. The molecule has 3 aromatic rings. The number of amides is 1. The van der Waals surface area contributed by atoms with E-state index in [1.807, 2.05) is 24.3 Å². The fourth-order valence-electron chi connectivity index (χ4n) is 2.73. The molecule has 0 radical (unpaired) electrons. The third kappa shape index (κ3) is 3.68. The van der Waals surface area contributed by atoms with Crippen molar-refractivity contribution in [3.05, 3.63) is 70.9 Å². The molecular weight excluding hydrogens is 369 g/mol. The third-order valence-corrected chi connectivity index (χ3v) is 5.18. The van der Waals surface area contributed by atoms with Crippen molar-refractivity contribution in [2.45, 2.75) is 6.61 Å². The summed E-state index contributed by atoms with van der Waals surface area (Å²) in [6.45, 7) is -0.0347. The number of nitrogens with one attached hydrogen (secondary N) is 1. The Morgan fingerprint density at radius 2 is 1.93 bits per heavy atom. The van der Waals surface area contributed by atoms with Crippen LogP contribution in [0.5, 0.6) is 5.75 Å². The lowest BCUT2D eigenvalue weighted by Crippen LogP contribution is -2.20. The average Bonchev–Trinajstić information content (AvgIpc) is 3.13. The maximum Gasteiger partial charge on any atom is 0.348 e. The second-order valence-corrected chi connectivity index (χ2v) is 6.93. The quantitative estimate of drug-likeness (QED) is 0.685. The molecule has 0 atom stereocenters. The topological polar surface area (TPSA) is 64.6 Å². The standard InChI is InChI=1S/C20H14FNO4S/c21-13-5-7-14(8-6-13)22-18(23)11-26-20(24)17-9-12-10-25-16-4-2-1-3-15(16)19(12)27-17/h1-9H,10-11H2,(H,22,23). The number of hydrogen-bond acceptors (Lipinski definition) is 5. The molecule has 7 heteroatoms. The zero-order valence-electron chi connectivity index (χ0n) is 14.0. The van der Waals surface area contributed by atoms with E-state index in [0.29, 0.717) is 17.2 Å². The molecule has 1 aliphatic rings. The first-order valence-corrected chi connectivity index (χ1v) is 8.99. The van der Waals surface area contributed by atoms with Crippen molar-refractivity contribution in [1.29, 1.82) is 0 Å². The van der Waals surface area contributed by atoms with Crippen molar-refractivity contribution < 1.29 is 23.5 Å². The van der Waals surface area contributed by atoms with Crippen LogP contribution in [0.3, 0.4) is 0 Å². The second-order valence-electron chi connectivity index (χ2n) is 5.88. The van der Waals surface area contributed by atoms with Crippen LogP contribution in [0.1, 0.15) is 15.2 Å². The molecule has 1 N–H and O–H groups in total. The molecule has 0 spiro atoms. The summed E-state index contributed by atoms with van der Waals surface area (Å²) in [7, 11) is 0. The Morgan fingerprint density at radius 3 is 2.74 bits per heavy atom. The number of thiophene rings is 1. The van der Waals surface area contributed by atoms with Gasteiger partial charge in [-0.1, -0.05) is 12.1 Å². The van der Waals surface area contributed by atoms with Crippen molar-refractivity contribution >= 4 is 28.9 Å². The lowest BCUT2D eigenvalue weighted by molar-refractivity contribution is -0.119. The number of para-hydroxylation sites is 1. The summed E-state index contributed by atoms with van der Waals surface area (Å²) < 4.78 is 23.6. The van der Waals surface area contributed by atoms with E-state index in [0.717, 1.165) is 21.8 Å². The van der Waals surface area contributed by atoms with Crippen LogP contribution in [0.15, 0.2) is 54.6 Å². The fourth-order valence-corrected chi connectivity index (χ4v) is 3.82. The first-order chi connectivity index (χ1) is 13.1. The Hall–Kier alpha value is -3.19. The monoisotopic (exact) mass is 383 g/mol. The molecule has 2 aromatic carbocycles. The highest BCUT2D eigenvalue weighted by Gasteiger charge is 2.23.